The summed E-state index contributed by atoms with van der Waals surface area (Å²) in [6, 6.07) is 11.8. The molecule has 0 aromatic heterocycles. The van der Waals surface area contributed by atoms with Crippen molar-refractivity contribution in [2.24, 2.45) is 5.41 Å². The van der Waals surface area contributed by atoms with Crippen LogP contribution >= 0.6 is 8.60 Å². The topological polar surface area (TPSA) is 51.5 Å². The zero-order valence-corrected chi connectivity index (χ0v) is 12.6. The lowest BCUT2D eigenvalue weighted by Gasteiger charge is -2.32. The van der Waals surface area contributed by atoms with Crippen molar-refractivity contribution in [3.05, 3.63) is 41.5 Å². The Balaban J connectivity index is 1.86. The highest BCUT2D eigenvalue weighted by Gasteiger charge is 2.30. The van der Waals surface area contributed by atoms with Gasteiger partial charge in [0.25, 0.3) is 0 Å². The molecule has 106 valence electrons. The number of nitrogens with zero attached hydrogens (tertiary/aromatic N) is 1. The van der Waals surface area contributed by atoms with E-state index in [0.29, 0.717) is 18.8 Å². The summed E-state index contributed by atoms with van der Waals surface area (Å²) in [6.45, 7) is 5.59. The van der Waals surface area contributed by atoms with Gasteiger partial charge in [-0.2, -0.15) is 5.26 Å². The van der Waals surface area contributed by atoms with Crippen LogP contribution in [-0.2, 0) is 13.6 Å². The first-order valence-corrected chi connectivity index (χ1v) is 7.53. The summed E-state index contributed by atoms with van der Waals surface area (Å²) >= 11 is 0. The molecule has 0 atom stereocenters. The quantitative estimate of drug-likeness (QED) is 0.623. The van der Waals surface area contributed by atoms with Crippen molar-refractivity contribution in [2.75, 3.05) is 19.8 Å². The molecule has 0 radical (unpaired) electrons. The molecule has 0 aliphatic carbocycles. The zero-order chi connectivity index (χ0) is 14.4. The third-order valence-electron chi connectivity index (χ3n) is 2.73. The van der Waals surface area contributed by atoms with E-state index in [1.807, 2.05) is 36.4 Å². The highest BCUT2D eigenvalue weighted by molar-refractivity contribution is 7.41. The van der Waals surface area contributed by atoms with Gasteiger partial charge in [-0.15, -0.1) is 0 Å². The Morgan fingerprint density at radius 2 is 2.00 bits per heavy atom. The van der Waals surface area contributed by atoms with Crippen LogP contribution in [0.4, 0.5) is 0 Å². The summed E-state index contributed by atoms with van der Waals surface area (Å²) < 4.78 is 16.6. The average Bonchev–Trinajstić information content (AvgIpc) is 2.45. The molecule has 0 bridgehead atoms. The molecule has 0 saturated carbocycles. The van der Waals surface area contributed by atoms with Crippen LogP contribution in [0.25, 0.3) is 6.08 Å². The Morgan fingerprint density at radius 1 is 1.35 bits per heavy atom. The molecule has 1 saturated heterocycles. The van der Waals surface area contributed by atoms with Crippen molar-refractivity contribution in [3.8, 4) is 6.07 Å². The molecule has 1 heterocycles. The Morgan fingerprint density at radius 3 is 2.60 bits per heavy atom. The molecule has 1 aromatic rings. The second-order valence-corrected chi connectivity index (χ2v) is 6.62. The molecule has 1 fully saturated rings. The van der Waals surface area contributed by atoms with E-state index in [-0.39, 0.29) is 12.0 Å². The highest BCUT2D eigenvalue weighted by Crippen LogP contribution is 2.46. The van der Waals surface area contributed by atoms with Crippen molar-refractivity contribution < 1.29 is 13.6 Å². The maximum Gasteiger partial charge on any atom is 0.333 e. The van der Waals surface area contributed by atoms with Crippen LogP contribution in [0, 0.1) is 16.7 Å². The Bertz CT molecular complexity index is 498. The molecule has 1 aliphatic heterocycles. The van der Waals surface area contributed by atoms with Crippen molar-refractivity contribution in [1.29, 1.82) is 5.26 Å². The monoisotopic (exact) mass is 291 g/mol. The summed E-state index contributed by atoms with van der Waals surface area (Å²) in [5.41, 5.74) is 1.56. The Hall–Kier alpha value is -1.24. The maximum absolute atomic E-state index is 9.13. The SMILES string of the molecule is CC1(C)COP(OC/C(C#N)=C/c2ccccc2)OC1. The molecular weight excluding hydrogens is 273 g/mol. The van der Waals surface area contributed by atoms with Gasteiger partial charge in [0.05, 0.1) is 31.5 Å². The van der Waals surface area contributed by atoms with E-state index in [9.17, 15) is 0 Å². The normalized spacial score (nSPS) is 19.6. The molecule has 0 spiro atoms. The lowest BCUT2D eigenvalue weighted by atomic mass is 9.97. The summed E-state index contributed by atoms with van der Waals surface area (Å²) in [4.78, 5) is 0. The van der Waals surface area contributed by atoms with Gasteiger partial charge < -0.3 is 13.6 Å². The standard InChI is InChI=1S/C15H18NO3P/c1-15(2)11-18-20(19-12-15)17-10-14(9-16)8-13-6-4-3-5-7-13/h3-8H,10-12H2,1-2H3/b14-8+. The average molecular weight is 291 g/mol. The van der Waals surface area contributed by atoms with Crippen molar-refractivity contribution in [3.63, 3.8) is 0 Å². The second-order valence-electron chi connectivity index (χ2n) is 5.40. The second kappa shape index (κ2) is 6.97. The summed E-state index contributed by atoms with van der Waals surface area (Å²) in [6.07, 6.45) is 1.81. The highest BCUT2D eigenvalue weighted by atomic mass is 31.2. The Kier molecular flexibility index (Phi) is 5.28. The van der Waals surface area contributed by atoms with Gasteiger partial charge in [0.2, 0.25) is 0 Å². The van der Waals surface area contributed by atoms with Gasteiger partial charge in [-0.1, -0.05) is 44.2 Å². The molecule has 1 aliphatic rings. The van der Waals surface area contributed by atoms with Crippen molar-refractivity contribution >= 4 is 14.7 Å². The van der Waals surface area contributed by atoms with Crippen LogP contribution in [0.2, 0.25) is 0 Å². The van der Waals surface area contributed by atoms with Gasteiger partial charge in [-0.05, 0) is 11.6 Å². The minimum Gasteiger partial charge on any atom is -0.312 e. The van der Waals surface area contributed by atoms with E-state index in [1.165, 1.54) is 0 Å². The molecule has 0 unspecified atom stereocenters. The molecule has 0 N–H and O–H groups in total. The van der Waals surface area contributed by atoms with Crippen LogP contribution in [0.5, 0.6) is 0 Å². The summed E-state index contributed by atoms with van der Waals surface area (Å²) in [7, 11) is -1.33. The van der Waals surface area contributed by atoms with Crippen LogP contribution < -0.4 is 0 Å². The fourth-order valence-corrected chi connectivity index (χ4v) is 2.97. The number of benzene rings is 1. The van der Waals surface area contributed by atoms with Crippen LogP contribution in [0.15, 0.2) is 35.9 Å². The van der Waals surface area contributed by atoms with Gasteiger partial charge in [0, 0.05) is 5.41 Å². The number of rotatable bonds is 4. The van der Waals surface area contributed by atoms with E-state index in [2.05, 4.69) is 19.9 Å². The van der Waals surface area contributed by atoms with Crippen molar-refractivity contribution in [1.82, 2.24) is 0 Å². The lowest BCUT2D eigenvalue weighted by Crippen LogP contribution is -2.28. The first-order valence-electron chi connectivity index (χ1n) is 6.44. The van der Waals surface area contributed by atoms with Gasteiger partial charge in [-0.3, -0.25) is 0 Å². The van der Waals surface area contributed by atoms with Gasteiger partial charge in [-0.25, -0.2) is 0 Å². The number of nitriles is 1. The predicted octanol–water partition coefficient (Wildman–Crippen LogP) is 3.91. The van der Waals surface area contributed by atoms with Crippen molar-refractivity contribution in [2.45, 2.75) is 13.8 Å². The van der Waals surface area contributed by atoms with Crippen LogP contribution in [0.1, 0.15) is 19.4 Å². The fraction of sp³-hybridized carbons (Fsp3) is 0.400. The first-order chi connectivity index (χ1) is 9.59. The first kappa shape index (κ1) is 15.2. The molecule has 2 rings (SSSR count). The van der Waals surface area contributed by atoms with E-state index < -0.39 is 8.60 Å². The molecule has 1 aromatic carbocycles. The van der Waals surface area contributed by atoms with Crippen LogP contribution in [-0.4, -0.2) is 19.8 Å². The summed E-state index contributed by atoms with van der Waals surface area (Å²) in [5.74, 6) is 0. The summed E-state index contributed by atoms with van der Waals surface area (Å²) in [5, 5.41) is 9.13. The largest absolute Gasteiger partial charge is 0.333 e. The van der Waals surface area contributed by atoms with E-state index in [0.717, 1.165) is 5.56 Å². The fourth-order valence-electron chi connectivity index (χ4n) is 1.59. The molecule has 20 heavy (non-hydrogen) atoms. The van der Waals surface area contributed by atoms with Crippen LogP contribution in [0.3, 0.4) is 0 Å². The molecule has 0 amide bonds. The third kappa shape index (κ3) is 4.70. The predicted molar refractivity (Wildman–Crippen MR) is 78.6 cm³/mol. The lowest BCUT2D eigenvalue weighted by molar-refractivity contribution is 0.0303. The Labute approximate surface area is 121 Å². The van der Waals surface area contributed by atoms with E-state index in [4.69, 9.17) is 18.8 Å². The van der Waals surface area contributed by atoms with Gasteiger partial charge in [0.15, 0.2) is 0 Å². The van der Waals surface area contributed by atoms with Gasteiger partial charge >= 0.3 is 8.60 Å². The third-order valence-corrected chi connectivity index (χ3v) is 3.75. The number of hydrogen-bond donors (Lipinski definition) is 0. The van der Waals surface area contributed by atoms with E-state index >= 15 is 0 Å². The number of hydrogen-bond acceptors (Lipinski definition) is 4. The smallest absolute Gasteiger partial charge is 0.312 e. The molecule has 5 heteroatoms. The van der Waals surface area contributed by atoms with Gasteiger partial charge in [0.1, 0.15) is 0 Å². The maximum atomic E-state index is 9.13. The molecular formula is C15H18NO3P. The molecule has 4 nitrogen and oxygen atoms in total. The minimum atomic E-state index is -1.33. The van der Waals surface area contributed by atoms with E-state index in [1.54, 1.807) is 0 Å². The minimum absolute atomic E-state index is 0.0279. The zero-order valence-electron chi connectivity index (χ0n) is 11.7.